The molecule has 1 saturated heterocycles. The molecule has 1 unspecified atom stereocenters. The standard InChI is InChI=1S/C45H45FO8S/c1-48-41-34(23-33-17-18-37-39(24-33)55-22-21-50-37)25-36(42-35(41)19-20-51-42)45(47)44(53-28-32-15-9-4-10-16-32)43(52-27-31-13-7-3-8-14-31)40(46)38(54-45)29-49-26-30-11-5-2-6-12-30/h2-18,24-25,38,40,43-44,47H,19-23,26-29H2,1H3/t38-,40-,43+,44-,45?/m1/s1. The smallest absolute Gasteiger partial charge is 0.226 e. The number of alkyl halides is 1. The molecule has 3 aliphatic heterocycles. The molecule has 0 spiro atoms. The largest absolute Gasteiger partial charge is 0.496 e. The summed E-state index contributed by atoms with van der Waals surface area (Å²) in [5, 5.41) is 13.2. The highest BCUT2D eigenvalue weighted by Gasteiger charge is 2.58. The number of aliphatic hydroxyl groups is 1. The first-order chi connectivity index (χ1) is 27.0. The number of ether oxygens (including phenoxy) is 7. The highest BCUT2D eigenvalue weighted by atomic mass is 32.2. The Labute approximate surface area is 325 Å². The van der Waals surface area contributed by atoms with Crippen LogP contribution in [0.15, 0.2) is 120 Å². The van der Waals surface area contributed by atoms with Crippen molar-refractivity contribution in [2.75, 3.05) is 32.7 Å². The Morgan fingerprint density at radius 3 is 2.15 bits per heavy atom. The quantitative estimate of drug-likeness (QED) is 0.121. The summed E-state index contributed by atoms with van der Waals surface area (Å²) in [5.41, 5.74) is 5.65. The minimum Gasteiger partial charge on any atom is -0.496 e. The van der Waals surface area contributed by atoms with Crippen molar-refractivity contribution in [1.29, 1.82) is 0 Å². The lowest BCUT2D eigenvalue weighted by atomic mass is 9.85. The maximum absolute atomic E-state index is 17.1. The zero-order chi connectivity index (χ0) is 37.6. The van der Waals surface area contributed by atoms with Crippen LogP contribution in [0, 0.1) is 0 Å². The molecule has 0 bridgehead atoms. The summed E-state index contributed by atoms with van der Waals surface area (Å²) in [7, 11) is 1.65. The summed E-state index contributed by atoms with van der Waals surface area (Å²) in [4.78, 5) is 1.08. The molecule has 1 fully saturated rings. The molecule has 10 heteroatoms. The van der Waals surface area contributed by atoms with Gasteiger partial charge in [-0.2, -0.15) is 0 Å². The number of hydrogen-bond acceptors (Lipinski definition) is 9. The number of hydrogen-bond donors (Lipinski definition) is 1. The van der Waals surface area contributed by atoms with E-state index in [9.17, 15) is 5.11 Å². The summed E-state index contributed by atoms with van der Waals surface area (Å²) >= 11 is 1.77. The van der Waals surface area contributed by atoms with Gasteiger partial charge in [-0.1, -0.05) is 97.1 Å². The van der Waals surface area contributed by atoms with Crippen LogP contribution in [0.4, 0.5) is 4.39 Å². The summed E-state index contributed by atoms with van der Waals surface area (Å²) in [6.45, 7) is 1.32. The van der Waals surface area contributed by atoms with Crippen molar-refractivity contribution >= 4 is 11.8 Å². The molecule has 3 aliphatic rings. The maximum atomic E-state index is 17.1. The molecule has 0 amide bonds. The zero-order valence-electron chi connectivity index (χ0n) is 30.7. The van der Waals surface area contributed by atoms with Crippen molar-refractivity contribution in [1.82, 2.24) is 0 Å². The number of thioether (sulfide) groups is 1. The van der Waals surface area contributed by atoms with Crippen LogP contribution >= 0.6 is 11.8 Å². The molecular weight excluding hydrogens is 720 g/mol. The fourth-order valence-corrected chi connectivity index (χ4v) is 8.46. The van der Waals surface area contributed by atoms with E-state index in [1.807, 2.05) is 109 Å². The van der Waals surface area contributed by atoms with Crippen molar-refractivity contribution in [2.24, 2.45) is 0 Å². The molecule has 3 heterocycles. The van der Waals surface area contributed by atoms with Gasteiger partial charge in [0.2, 0.25) is 5.79 Å². The number of methoxy groups -OCH3 is 1. The number of benzene rings is 5. The van der Waals surface area contributed by atoms with E-state index < -0.39 is 30.3 Å². The van der Waals surface area contributed by atoms with Gasteiger partial charge in [0.25, 0.3) is 0 Å². The van der Waals surface area contributed by atoms with Gasteiger partial charge in [-0.3, -0.25) is 0 Å². The fraction of sp³-hybridized carbons (Fsp3) is 0.333. The van der Waals surface area contributed by atoms with Crippen molar-refractivity contribution in [2.45, 2.75) is 67.8 Å². The van der Waals surface area contributed by atoms with Crippen LogP contribution in [0.25, 0.3) is 0 Å². The van der Waals surface area contributed by atoms with E-state index in [-0.39, 0.29) is 26.4 Å². The second kappa shape index (κ2) is 17.2. The first-order valence-corrected chi connectivity index (χ1v) is 19.7. The lowest BCUT2D eigenvalue weighted by Gasteiger charge is -2.48. The fourth-order valence-electron chi connectivity index (χ4n) is 7.57. The molecule has 0 radical (unpaired) electrons. The first kappa shape index (κ1) is 37.5. The van der Waals surface area contributed by atoms with Crippen LogP contribution in [-0.2, 0) is 57.4 Å². The third-order valence-corrected chi connectivity index (χ3v) is 11.2. The summed E-state index contributed by atoms with van der Waals surface area (Å²) in [6.07, 6.45) is -4.46. The van der Waals surface area contributed by atoms with Crippen LogP contribution in [0.2, 0.25) is 0 Å². The Morgan fingerprint density at radius 2 is 1.45 bits per heavy atom. The van der Waals surface area contributed by atoms with Crippen LogP contribution in [0.1, 0.15) is 38.9 Å². The van der Waals surface area contributed by atoms with Crippen LogP contribution in [0.3, 0.4) is 0 Å². The van der Waals surface area contributed by atoms with E-state index in [0.29, 0.717) is 43.1 Å². The summed E-state index contributed by atoms with van der Waals surface area (Å²) < 4.78 is 61.0. The molecule has 8 rings (SSSR count). The normalized spacial score (nSPS) is 23.0. The number of fused-ring (bicyclic) bond motifs is 2. The lowest BCUT2D eigenvalue weighted by Crippen LogP contribution is -2.64. The predicted molar refractivity (Wildman–Crippen MR) is 207 cm³/mol. The molecule has 0 aromatic heterocycles. The zero-order valence-corrected chi connectivity index (χ0v) is 31.6. The summed E-state index contributed by atoms with van der Waals surface area (Å²) in [5.74, 6) is 0.653. The van der Waals surface area contributed by atoms with Crippen molar-refractivity contribution < 1.29 is 42.7 Å². The van der Waals surface area contributed by atoms with Crippen molar-refractivity contribution in [3.8, 4) is 17.2 Å². The van der Waals surface area contributed by atoms with E-state index in [2.05, 4.69) is 6.07 Å². The van der Waals surface area contributed by atoms with Gasteiger partial charge in [-0.05, 0) is 46.0 Å². The highest BCUT2D eigenvalue weighted by molar-refractivity contribution is 7.99. The third kappa shape index (κ3) is 8.26. The molecule has 286 valence electrons. The molecular formula is C45H45FO8S. The van der Waals surface area contributed by atoms with Crippen molar-refractivity contribution in [3.63, 3.8) is 0 Å². The topological polar surface area (TPSA) is 84.8 Å². The summed E-state index contributed by atoms with van der Waals surface area (Å²) in [6, 6.07) is 36.9. The van der Waals surface area contributed by atoms with Crippen molar-refractivity contribution in [3.05, 3.63) is 154 Å². The third-order valence-electron chi connectivity index (χ3n) is 10.2. The molecule has 0 saturated carbocycles. The average molecular weight is 765 g/mol. The first-order valence-electron chi connectivity index (χ1n) is 18.7. The average Bonchev–Trinajstić information content (AvgIpc) is 3.72. The minimum atomic E-state index is -2.23. The Hall–Kier alpha value is -4.42. The van der Waals surface area contributed by atoms with Crippen LogP contribution in [0.5, 0.6) is 17.2 Å². The molecule has 8 nitrogen and oxygen atoms in total. The van der Waals surface area contributed by atoms with E-state index in [0.717, 1.165) is 49.8 Å². The van der Waals surface area contributed by atoms with Gasteiger partial charge in [0.1, 0.15) is 35.6 Å². The molecule has 5 aromatic rings. The second-order valence-corrected chi connectivity index (χ2v) is 15.1. The van der Waals surface area contributed by atoms with E-state index in [4.69, 9.17) is 33.2 Å². The number of rotatable bonds is 14. The van der Waals surface area contributed by atoms with E-state index in [1.165, 1.54) is 0 Å². The Morgan fingerprint density at radius 1 is 0.782 bits per heavy atom. The maximum Gasteiger partial charge on any atom is 0.226 e. The Kier molecular flexibility index (Phi) is 11.7. The van der Waals surface area contributed by atoms with Gasteiger partial charge < -0.3 is 38.3 Å². The van der Waals surface area contributed by atoms with Gasteiger partial charge in [0, 0.05) is 29.1 Å². The molecule has 5 aromatic carbocycles. The van der Waals surface area contributed by atoms with Gasteiger partial charge in [0.15, 0.2) is 6.17 Å². The van der Waals surface area contributed by atoms with Crippen LogP contribution < -0.4 is 14.2 Å². The SMILES string of the molecule is COc1c(Cc2ccc3c(c2)SCCO3)cc(C2(O)O[C@H](COCc3ccccc3)[C@@H](F)[C@H](OCc3ccccc3)[C@H]2OCc2ccccc2)c2c1CCO2. The van der Waals surface area contributed by atoms with Gasteiger partial charge in [-0.15, -0.1) is 11.8 Å². The van der Waals surface area contributed by atoms with Gasteiger partial charge in [-0.25, -0.2) is 4.39 Å². The van der Waals surface area contributed by atoms with Crippen LogP contribution in [-0.4, -0.2) is 62.3 Å². The molecule has 1 N–H and O–H groups in total. The molecule has 5 atom stereocenters. The lowest BCUT2D eigenvalue weighted by molar-refractivity contribution is -0.367. The Balaban J connectivity index is 1.20. The predicted octanol–water partition coefficient (Wildman–Crippen LogP) is 7.98. The molecule has 55 heavy (non-hydrogen) atoms. The second-order valence-electron chi connectivity index (χ2n) is 14.0. The van der Waals surface area contributed by atoms with E-state index in [1.54, 1.807) is 18.9 Å². The van der Waals surface area contributed by atoms with E-state index >= 15 is 4.39 Å². The Bertz CT molecular complexity index is 2030. The highest BCUT2D eigenvalue weighted by Crippen LogP contribution is 2.50. The van der Waals surface area contributed by atoms with Gasteiger partial charge in [0.05, 0.1) is 52.3 Å². The monoisotopic (exact) mass is 764 g/mol. The van der Waals surface area contributed by atoms with Gasteiger partial charge >= 0.3 is 0 Å². The molecule has 0 aliphatic carbocycles. The number of halogens is 1. The minimum absolute atomic E-state index is 0.0746.